The molecule has 0 amide bonds. The van der Waals surface area contributed by atoms with Crippen LogP contribution in [0.4, 0.5) is 0 Å². The molecule has 1 N–H and O–H groups in total. The molecule has 0 aromatic rings. The van der Waals surface area contributed by atoms with Crippen LogP contribution in [0.5, 0.6) is 0 Å². The van der Waals surface area contributed by atoms with Crippen LogP contribution >= 0.6 is 0 Å². The molecule has 70 valence electrons. The van der Waals surface area contributed by atoms with E-state index in [0.29, 0.717) is 0 Å². The quantitative estimate of drug-likeness (QED) is 0.652. The van der Waals surface area contributed by atoms with Gasteiger partial charge in [-0.05, 0) is 12.8 Å². The summed E-state index contributed by atoms with van der Waals surface area (Å²) < 4.78 is 21.3. The van der Waals surface area contributed by atoms with Crippen LogP contribution in [0.3, 0.4) is 0 Å². The Bertz CT molecular complexity index is 303. The predicted molar refractivity (Wildman–Crippen MR) is 48.4 cm³/mol. The summed E-state index contributed by atoms with van der Waals surface area (Å²) in [7, 11) is -3.18. The van der Waals surface area contributed by atoms with Crippen LogP contribution in [0, 0.1) is 5.41 Å². The number of hydrazone groups is 1. The Morgan fingerprint density at radius 1 is 1.50 bits per heavy atom. The molecule has 1 aliphatic carbocycles. The molecular formula is C7H14N2O2S. The summed E-state index contributed by atoms with van der Waals surface area (Å²) in [6, 6.07) is 0. The number of rotatable bonds is 2. The van der Waals surface area contributed by atoms with Gasteiger partial charge in [-0.15, -0.1) is 0 Å². The van der Waals surface area contributed by atoms with E-state index in [4.69, 9.17) is 0 Å². The zero-order valence-electron chi connectivity index (χ0n) is 7.59. The zero-order valence-corrected chi connectivity index (χ0v) is 8.40. The summed E-state index contributed by atoms with van der Waals surface area (Å²) in [5.41, 5.74) is 1.02. The Kier molecular flexibility index (Phi) is 2.16. The van der Waals surface area contributed by atoms with Crippen LogP contribution in [0.1, 0.15) is 26.7 Å². The lowest BCUT2D eigenvalue weighted by molar-refractivity contribution is 0.404. The van der Waals surface area contributed by atoms with Gasteiger partial charge in [0, 0.05) is 11.1 Å². The highest BCUT2D eigenvalue weighted by Crippen LogP contribution is 2.36. The van der Waals surface area contributed by atoms with Crippen molar-refractivity contribution in [3.8, 4) is 0 Å². The highest BCUT2D eigenvalue weighted by atomic mass is 32.2. The van der Waals surface area contributed by atoms with Gasteiger partial charge in [0.1, 0.15) is 0 Å². The summed E-state index contributed by atoms with van der Waals surface area (Å²) in [6.07, 6.45) is 3.08. The van der Waals surface area contributed by atoms with E-state index in [1.165, 1.54) is 0 Å². The number of hydrogen-bond donors (Lipinski definition) is 1. The van der Waals surface area contributed by atoms with Crippen molar-refractivity contribution in [3.63, 3.8) is 0 Å². The van der Waals surface area contributed by atoms with E-state index in [9.17, 15) is 8.42 Å². The van der Waals surface area contributed by atoms with Gasteiger partial charge in [0.05, 0.1) is 6.26 Å². The third kappa shape index (κ3) is 2.20. The van der Waals surface area contributed by atoms with Gasteiger partial charge >= 0.3 is 0 Å². The first-order valence-electron chi connectivity index (χ1n) is 3.85. The minimum Gasteiger partial charge on any atom is -0.206 e. The molecule has 0 heterocycles. The fourth-order valence-corrected chi connectivity index (χ4v) is 1.36. The second kappa shape index (κ2) is 2.73. The largest absolute Gasteiger partial charge is 0.244 e. The van der Waals surface area contributed by atoms with Gasteiger partial charge in [-0.25, -0.2) is 13.2 Å². The van der Waals surface area contributed by atoms with Gasteiger partial charge in [-0.2, -0.15) is 5.10 Å². The van der Waals surface area contributed by atoms with E-state index in [-0.39, 0.29) is 5.41 Å². The molecule has 4 nitrogen and oxygen atoms in total. The highest BCUT2D eigenvalue weighted by molar-refractivity contribution is 7.88. The van der Waals surface area contributed by atoms with Crippen molar-refractivity contribution in [2.24, 2.45) is 10.5 Å². The van der Waals surface area contributed by atoms with Crippen molar-refractivity contribution in [1.29, 1.82) is 0 Å². The highest BCUT2D eigenvalue weighted by Gasteiger charge is 2.34. The number of nitrogens with zero attached hydrogens (tertiary/aromatic N) is 1. The van der Waals surface area contributed by atoms with Gasteiger partial charge in [-0.3, -0.25) is 0 Å². The molecule has 0 unspecified atom stereocenters. The van der Waals surface area contributed by atoms with Gasteiger partial charge in [0.15, 0.2) is 0 Å². The molecule has 0 saturated heterocycles. The molecule has 5 heteroatoms. The van der Waals surface area contributed by atoms with E-state index in [1.54, 1.807) is 0 Å². The first kappa shape index (κ1) is 9.51. The molecule has 1 rings (SSSR count). The third-order valence-electron chi connectivity index (χ3n) is 2.11. The van der Waals surface area contributed by atoms with E-state index in [1.807, 2.05) is 0 Å². The van der Waals surface area contributed by atoms with Crippen LogP contribution in [-0.2, 0) is 10.0 Å². The molecule has 0 aliphatic heterocycles. The molecule has 0 aromatic heterocycles. The standard InChI is InChI=1S/C7H14N2O2S/c1-7(2)5-4-6(7)8-9-12(3,10)11/h9H,4-5H2,1-3H3/b8-6-. The van der Waals surface area contributed by atoms with Gasteiger partial charge < -0.3 is 0 Å². The van der Waals surface area contributed by atoms with Crippen LogP contribution in [0.2, 0.25) is 0 Å². The predicted octanol–water partition coefficient (Wildman–Crippen LogP) is 0.712. The molecule has 0 aromatic carbocycles. The van der Waals surface area contributed by atoms with Crippen LogP contribution in [0.25, 0.3) is 0 Å². The molecule has 0 bridgehead atoms. The summed E-state index contributed by atoms with van der Waals surface area (Å²) in [5.74, 6) is 0. The van der Waals surface area contributed by atoms with Crippen LogP contribution in [-0.4, -0.2) is 20.4 Å². The normalized spacial score (nSPS) is 25.1. The third-order valence-corrected chi connectivity index (χ3v) is 2.54. The van der Waals surface area contributed by atoms with E-state index < -0.39 is 10.0 Å². The van der Waals surface area contributed by atoms with Crippen molar-refractivity contribution in [2.45, 2.75) is 26.7 Å². The Hall–Kier alpha value is -0.580. The van der Waals surface area contributed by atoms with Gasteiger partial charge in [0.2, 0.25) is 10.0 Å². The smallest absolute Gasteiger partial charge is 0.206 e. The van der Waals surface area contributed by atoms with Crippen molar-refractivity contribution in [2.75, 3.05) is 6.26 Å². The maximum Gasteiger partial charge on any atom is 0.244 e. The van der Waals surface area contributed by atoms with E-state index >= 15 is 0 Å². The monoisotopic (exact) mass is 190 g/mol. The lowest BCUT2D eigenvalue weighted by Crippen LogP contribution is -2.37. The average Bonchev–Trinajstić information content (AvgIpc) is 1.83. The summed E-state index contributed by atoms with van der Waals surface area (Å²) >= 11 is 0. The topological polar surface area (TPSA) is 58.5 Å². The Balaban J connectivity index is 2.61. The fourth-order valence-electron chi connectivity index (χ4n) is 1.08. The maximum atomic E-state index is 10.7. The van der Waals surface area contributed by atoms with Gasteiger partial charge in [-0.1, -0.05) is 13.8 Å². The molecular weight excluding hydrogens is 176 g/mol. The molecule has 0 atom stereocenters. The number of sulfonamides is 1. The Morgan fingerprint density at radius 2 is 2.08 bits per heavy atom. The fraction of sp³-hybridized carbons (Fsp3) is 0.857. The molecule has 1 fully saturated rings. The lowest BCUT2D eigenvalue weighted by atomic mass is 9.70. The minimum atomic E-state index is -3.18. The Labute approximate surface area is 73.1 Å². The molecule has 1 aliphatic rings. The minimum absolute atomic E-state index is 0.0810. The lowest BCUT2D eigenvalue weighted by Gasteiger charge is -2.36. The van der Waals surface area contributed by atoms with Crippen molar-refractivity contribution < 1.29 is 8.42 Å². The zero-order chi connectivity index (χ0) is 9.41. The summed E-state index contributed by atoms with van der Waals surface area (Å²) in [6.45, 7) is 4.11. The second-order valence-electron chi connectivity index (χ2n) is 3.81. The number of hydrogen-bond acceptors (Lipinski definition) is 3. The number of nitrogens with one attached hydrogen (secondary N) is 1. The summed E-state index contributed by atoms with van der Waals surface area (Å²) in [4.78, 5) is 2.14. The molecule has 1 saturated carbocycles. The average molecular weight is 190 g/mol. The van der Waals surface area contributed by atoms with Crippen molar-refractivity contribution in [1.82, 2.24) is 4.83 Å². The molecule has 12 heavy (non-hydrogen) atoms. The van der Waals surface area contributed by atoms with Crippen molar-refractivity contribution >= 4 is 15.7 Å². The first-order valence-corrected chi connectivity index (χ1v) is 5.74. The molecule has 0 spiro atoms. The van der Waals surface area contributed by atoms with Crippen LogP contribution < -0.4 is 4.83 Å². The second-order valence-corrected chi connectivity index (χ2v) is 5.53. The summed E-state index contributed by atoms with van der Waals surface area (Å²) in [5, 5.41) is 3.83. The van der Waals surface area contributed by atoms with Gasteiger partial charge in [0.25, 0.3) is 0 Å². The van der Waals surface area contributed by atoms with E-state index in [0.717, 1.165) is 24.8 Å². The van der Waals surface area contributed by atoms with Crippen LogP contribution in [0.15, 0.2) is 5.10 Å². The Morgan fingerprint density at radius 3 is 2.33 bits per heavy atom. The van der Waals surface area contributed by atoms with E-state index in [2.05, 4.69) is 23.8 Å². The molecule has 0 radical (unpaired) electrons. The van der Waals surface area contributed by atoms with Crippen molar-refractivity contribution in [3.05, 3.63) is 0 Å². The maximum absolute atomic E-state index is 10.7. The first-order chi connectivity index (χ1) is 5.31. The SMILES string of the molecule is CC1(C)CC/C1=N/NS(C)(=O)=O.